The van der Waals surface area contributed by atoms with Gasteiger partial charge in [-0.1, -0.05) is 41.4 Å². The van der Waals surface area contributed by atoms with Crippen LogP contribution in [0.15, 0.2) is 4.34 Å². The average Bonchev–Trinajstić information content (AvgIpc) is 2.95. The molecule has 2 aromatic heterocycles. The highest BCUT2D eigenvalue weighted by Gasteiger charge is 2.09. The number of thioether (sulfide) groups is 1. The van der Waals surface area contributed by atoms with E-state index < -0.39 is 0 Å². The van der Waals surface area contributed by atoms with Gasteiger partial charge in [0.25, 0.3) is 0 Å². The molecule has 7 nitrogen and oxygen atoms in total. The number of rotatable bonds is 5. The summed E-state index contributed by atoms with van der Waals surface area (Å²) in [5.41, 5.74) is 5.44. The van der Waals surface area contributed by atoms with Crippen LogP contribution < -0.4 is 11.1 Å². The number of hydrogen-bond donors (Lipinski definition) is 2. The number of anilines is 2. The Morgan fingerprint density at radius 3 is 2.78 bits per heavy atom. The van der Waals surface area contributed by atoms with Crippen molar-refractivity contribution < 1.29 is 4.79 Å². The fourth-order valence-corrected chi connectivity index (χ4v) is 3.14. The Morgan fingerprint density at radius 2 is 2.17 bits per heavy atom. The van der Waals surface area contributed by atoms with Crippen LogP contribution in [-0.2, 0) is 11.2 Å². The standard InChI is InChI=1S/C8H10N6OS3/c1-2-5-11-13-7(17-5)10-4(15)3-16-8-14-12-6(9)18-8/h2-3H2,1H3,(H2,9,12)(H,10,13,15). The van der Waals surface area contributed by atoms with Crippen molar-refractivity contribution in [3.05, 3.63) is 5.01 Å². The van der Waals surface area contributed by atoms with Gasteiger partial charge in [0, 0.05) is 0 Å². The molecule has 96 valence electrons. The number of aryl methyl sites for hydroxylation is 1. The molecule has 0 aliphatic carbocycles. The molecule has 0 aromatic carbocycles. The summed E-state index contributed by atoms with van der Waals surface area (Å²) in [6.07, 6.45) is 0.812. The lowest BCUT2D eigenvalue weighted by molar-refractivity contribution is -0.113. The molecule has 2 rings (SSSR count). The van der Waals surface area contributed by atoms with Crippen molar-refractivity contribution in [2.75, 3.05) is 16.8 Å². The number of amides is 1. The summed E-state index contributed by atoms with van der Waals surface area (Å²) in [4.78, 5) is 11.6. The Balaban J connectivity index is 1.81. The summed E-state index contributed by atoms with van der Waals surface area (Å²) in [6.45, 7) is 1.99. The molecule has 0 fully saturated rings. The van der Waals surface area contributed by atoms with Crippen LogP contribution in [0.5, 0.6) is 0 Å². The van der Waals surface area contributed by atoms with Crippen LogP contribution in [-0.4, -0.2) is 32.1 Å². The number of nitrogens with two attached hydrogens (primary N) is 1. The third-order valence-electron chi connectivity index (χ3n) is 1.76. The van der Waals surface area contributed by atoms with Gasteiger partial charge in [-0.25, -0.2) is 0 Å². The molecular formula is C8H10N6OS3. The SMILES string of the molecule is CCc1nnc(NC(=O)CSc2nnc(N)s2)s1. The maximum atomic E-state index is 11.6. The van der Waals surface area contributed by atoms with E-state index in [4.69, 9.17) is 5.73 Å². The normalized spacial score (nSPS) is 10.5. The molecule has 2 aromatic rings. The molecule has 1 amide bonds. The molecule has 0 aliphatic heterocycles. The summed E-state index contributed by atoms with van der Waals surface area (Å²) in [6, 6.07) is 0. The Labute approximate surface area is 115 Å². The van der Waals surface area contributed by atoms with Gasteiger partial charge >= 0.3 is 0 Å². The largest absolute Gasteiger partial charge is 0.374 e. The lowest BCUT2D eigenvalue weighted by atomic mass is 10.5. The zero-order valence-electron chi connectivity index (χ0n) is 9.41. The Hall–Kier alpha value is -1.26. The highest BCUT2D eigenvalue weighted by atomic mass is 32.2. The van der Waals surface area contributed by atoms with E-state index in [9.17, 15) is 4.79 Å². The van der Waals surface area contributed by atoms with Crippen molar-refractivity contribution in [1.29, 1.82) is 0 Å². The molecule has 3 N–H and O–H groups in total. The van der Waals surface area contributed by atoms with Crippen LogP contribution >= 0.6 is 34.4 Å². The van der Waals surface area contributed by atoms with Crippen LogP contribution in [0.1, 0.15) is 11.9 Å². The molecule has 18 heavy (non-hydrogen) atoms. The van der Waals surface area contributed by atoms with Crippen molar-refractivity contribution in [3.63, 3.8) is 0 Å². The van der Waals surface area contributed by atoms with Crippen LogP contribution in [0.4, 0.5) is 10.3 Å². The fourth-order valence-electron chi connectivity index (χ4n) is 1.01. The molecular weight excluding hydrogens is 292 g/mol. The van der Waals surface area contributed by atoms with Gasteiger partial charge in [0.05, 0.1) is 5.75 Å². The number of hydrogen-bond acceptors (Lipinski definition) is 9. The van der Waals surface area contributed by atoms with Gasteiger partial charge in [-0.2, -0.15) is 0 Å². The Kier molecular flexibility index (Phi) is 4.44. The number of aromatic nitrogens is 4. The fraction of sp³-hybridized carbons (Fsp3) is 0.375. The van der Waals surface area contributed by atoms with E-state index in [1.807, 2.05) is 6.92 Å². The van der Waals surface area contributed by atoms with E-state index in [1.54, 1.807) is 0 Å². The van der Waals surface area contributed by atoms with E-state index in [1.165, 1.54) is 34.4 Å². The summed E-state index contributed by atoms with van der Waals surface area (Å²) >= 11 is 3.93. The van der Waals surface area contributed by atoms with E-state index >= 15 is 0 Å². The van der Waals surface area contributed by atoms with Crippen molar-refractivity contribution in [2.45, 2.75) is 17.7 Å². The first-order valence-electron chi connectivity index (χ1n) is 5.01. The highest BCUT2D eigenvalue weighted by Crippen LogP contribution is 2.23. The summed E-state index contributed by atoms with van der Waals surface area (Å²) in [5, 5.41) is 19.8. The van der Waals surface area contributed by atoms with Gasteiger partial charge < -0.3 is 5.73 Å². The number of carbonyl (C=O) groups excluding carboxylic acids is 1. The van der Waals surface area contributed by atoms with E-state index in [0.29, 0.717) is 14.6 Å². The van der Waals surface area contributed by atoms with Crippen LogP contribution in [0.3, 0.4) is 0 Å². The first-order valence-corrected chi connectivity index (χ1v) is 7.63. The zero-order valence-corrected chi connectivity index (χ0v) is 11.9. The first kappa shape index (κ1) is 13.2. The molecule has 0 saturated heterocycles. The minimum atomic E-state index is -0.146. The maximum absolute atomic E-state index is 11.6. The number of nitrogen functional groups attached to an aromatic ring is 1. The van der Waals surface area contributed by atoms with Crippen molar-refractivity contribution >= 4 is 50.6 Å². The highest BCUT2D eigenvalue weighted by molar-refractivity contribution is 8.01. The number of carbonyl (C=O) groups is 1. The van der Waals surface area contributed by atoms with Gasteiger partial charge in [0.2, 0.25) is 16.2 Å². The minimum Gasteiger partial charge on any atom is -0.374 e. The monoisotopic (exact) mass is 302 g/mol. The Morgan fingerprint density at radius 1 is 1.33 bits per heavy atom. The molecule has 0 aliphatic rings. The molecule has 0 bridgehead atoms. The van der Waals surface area contributed by atoms with Crippen molar-refractivity contribution in [3.8, 4) is 0 Å². The summed E-state index contributed by atoms with van der Waals surface area (Å²) < 4.78 is 0.675. The number of nitrogens with zero attached hydrogens (tertiary/aromatic N) is 4. The quantitative estimate of drug-likeness (QED) is 0.801. The second-order valence-electron chi connectivity index (χ2n) is 3.10. The van der Waals surface area contributed by atoms with E-state index in [-0.39, 0.29) is 11.7 Å². The predicted molar refractivity (Wildman–Crippen MR) is 73.0 cm³/mol. The van der Waals surface area contributed by atoms with Crippen LogP contribution in [0.2, 0.25) is 0 Å². The lowest BCUT2D eigenvalue weighted by Crippen LogP contribution is -2.13. The van der Waals surface area contributed by atoms with Gasteiger partial charge in [-0.15, -0.1) is 20.4 Å². The lowest BCUT2D eigenvalue weighted by Gasteiger charge is -1.97. The summed E-state index contributed by atoms with van der Waals surface area (Å²) in [7, 11) is 0. The van der Waals surface area contributed by atoms with E-state index in [2.05, 4.69) is 25.7 Å². The molecule has 0 spiro atoms. The van der Waals surface area contributed by atoms with Crippen LogP contribution in [0, 0.1) is 0 Å². The van der Waals surface area contributed by atoms with Crippen molar-refractivity contribution in [1.82, 2.24) is 20.4 Å². The molecule has 0 radical (unpaired) electrons. The average molecular weight is 302 g/mol. The topological polar surface area (TPSA) is 107 Å². The second kappa shape index (κ2) is 6.07. The molecule has 0 atom stereocenters. The first-order chi connectivity index (χ1) is 8.67. The van der Waals surface area contributed by atoms with Crippen molar-refractivity contribution in [2.24, 2.45) is 0 Å². The minimum absolute atomic E-state index is 0.146. The third kappa shape index (κ3) is 3.62. The summed E-state index contributed by atoms with van der Waals surface area (Å²) in [5.74, 6) is 0.0999. The third-order valence-corrected chi connectivity index (χ3v) is 4.63. The molecule has 0 saturated carbocycles. The number of nitrogens with one attached hydrogen (secondary N) is 1. The maximum Gasteiger partial charge on any atom is 0.236 e. The zero-order chi connectivity index (χ0) is 13.0. The van der Waals surface area contributed by atoms with Crippen LogP contribution in [0.25, 0.3) is 0 Å². The predicted octanol–water partition coefficient (Wildman–Crippen LogP) is 1.26. The molecule has 0 unspecified atom stereocenters. The second-order valence-corrected chi connectivity index (χ2v) is 6.39. The molecule has 2 heterocycles. The Bertz CT molecular complexity index is 538. The smallest absolute Gasteiger partial charge is 0.236 e. The molecule has 10 heteroatoms. The van der Waals surface area contributed by atoms with E-state index in [0.717, 1.165) is 11.4 Å². The van der Waals surface area contributed by atoms with Gasteiger partial charge in [0.1, 0.15) is 5.01 Å². The van der Waals surface area contributed by atoms with Gasteiger partial charge in [0.15, 0.2) is 4.34 Å². The van der Waals surface area contributed by atoms with Gasteiger partial charge in [-0.3, -0.25) is 10.1 Å². The van der Waals surface area contributed by atoms with Gasteiger partial charge in [-0.05, 0) is 6.42 Å².